The van der Waals surface area contributed by atoms with Crippen LogP contribution in [0.1, 0.15) is 43.9 Å². The molecule has 0 unspecified atom stereocenters. The first-order chi connectivity index (χ1) is 8.77. The number of nitrogens with zero attached hydrogens (tertiary/aromatic N) is 2. The molecule has 1 rings (SSSR count). The van der Waals surface area contributed by atoms with Crippen molar-refractivity contribution >= 4 is 5.84 Å². The molecule has 0 atom stereocenters. The number of hydrogen-bond donors (Lipinski definition) is 3. The Hall–Kier alpha value is -1.62. The van der Waals surface area contributed by atoms with Crippen molar-refractivity contribution in [3.05, 3.63) is 29.6 Å². The second-order valence-electron chi connectivity index (χ2n) is 4.27. The van der Waals surface area contributed by atoms with Gasteiger partial charge < -0.3 is 16.3 Å². The molecule has 5 heteroatoms. The van der Waals surface area contributed by atoms with E-state index in [1.807, 2.05) is 12.1 Å². The van der Waals surface area contributed by atoms with E-state index in [0.29, 0.717) is 5.69 Å². The van der Waals surface area contributed by atoms with Crippen molar-refractivity contribution in [3.8, 4) is 0 Å². The molecular formula is C13H22N4O. The van der Waals surface area contributed by atoms with Crippen LogP contribution in [0.3, 0.4) is 0 Å². The number of amidine groups is 1. The Morgan fingerprint density at radius 3 is 3.00 bits per heavy atom. The number of nitrogens with two attached hydrogens (primary N) is 1. The van der Waals surface area contributed by atoms with Crippen molar-refractivity contribution in [1.82, 2.24) is 10.3 Å². The van der Waals surface area contributed by atoms with E-state index < -0.39 is 0 Å². The maximum atomic E-state index is 8.58. The van der Waals surface area contributed by atoms with Crippen LogP contribution in [0.15, 0.2) is 23.5 Å². The van der Waals surface area contributed by atoms with Crippen LogP contribution in [0.25, 0.3) is 0 Å². The summed E-state index contributed by atoms with van der Waals surface area (Å²) in [5.74, 6) is 0.0415. The number of oxime groups is 1. The number of nitrogens with one attached hydrogen (secondary N) is 1. The van der Waals surface area contributed by atoms with E-state index in [0.717, 1.165) is 18.7 Å². The second kappa shape index (κ2) is 8.47. The lowest BCUT2D eigenvalue weighted by molar-refractivity contribution is 0.318. The lowest BCUT2D eigenvalue weighted by Crippen LogP contribution is -2.18. The van der Waals surface area contributed by atoms with Crippen molar-refractivity contribution in [2.45, 2.75) is 39.2 Å². The van der Waals surface area contributed by atoms with E-state index >= 15 is 0 Å². The average molecular weight is 250 g/mol. The van der Waals surface area contributed by atoms with Crippen molar-refractivity contribution in [1.29, 1.82) is 0 Å². The van der Waals surface area contributed by atoms with Gasteiger partial charge in [0, 0.05) is 12.7 Å². The minimum absolute atomic E-state index is 0.0415. The lowest BCUT2D eigenvalue weighted by Gasteiger charge is -2.06. The summed E-state index contributed by atoms with van der Waals surface area (Å²) in [5, 5.41) is 14.9. The molecule has 5 nitrogen and oxygen atoms in total. The molecule has 1 heterocycles. The van der Waals surface area contributed by atoms with E-state index in [1.54, 1.807) is 6.20 Å². The van der Waals surface area contributed by atoms with Gasteiger partial charge in [-0.25, -0.2) is 0 Å². The summed E-state index contributed by atoms with van der Waals surface area (Å²) in [4.78, 5) is 4.04. The predicted octanol–water partition coefficient (Wildman–Crippen LogP) is 1.85. The number of aromatic nitrogens is 1. The molecule has 0 amide bonds. The highest BCUT2D eigenvalue weighted by Gasteiger charge is 2.01. The fourth-order valence-electron chi connectivity index (χ4n) is 1.69. The van der Waals surface area contributed by atoms with Gasteiger partial charge in [0.15, 0.2) is 5.84 Å². The van der Waals surface area contributed by atoms with E-state index in [-0.39, 0.29) is 5.84 Å². The van der Waals surface area contributed by atoms with Crippen molar-refractivity contribution < 1.29 is 5.21 Å². The van der Waals surface area contributed by atoms with Gasteiger partial charge in [0.2, 0.25) is 0 Å². The van der Waals surface area contributed by atoms with E-state index in [2.05, 4.69) is 22.4 Å². The standard InChI is InChI=1S/C13H22N4O/c1-2-3-4-5-7-15-10-11-6-8-16-12(9-11)13(14)17-18/h6,8-9,15,18H,2-5,7,10H2,1H3,(H2,14,17). The molecular weight excluding hydrogens is 228 g/mol. The molecule has 0 aliphatic carbocycles. The van der Waals surface area contributed by atoms with Gasteiger partial charge in [0.1, 0.15) is 5.69 Å². The van der Waals surface area contributed by atoms with Crippen molar-refractivity contribution in [3.63, 3.8) is 0 Å². The monoisotopic (exact) mass is 250 g/mol. The maximum Gasteiger partial charge on any atom is 0.188 e. The van der Waals surface area contributed by atoms with E-state index in [9.17, 15) is 0 Å². The number of hydrogen-bond acceptors (Lipinski definition) is 4. The molecule has 0 bridgehead atoms. The van der Waals surface area contributed by atoms with Gasteiger partial charge in [-0.3, -0.25) is 4.98 Å². The number of unbranched alkanes of at least 4 members (excludes halogenated alkanes) is 3. The van der Waals surface area contributed by atoms with Crippen LogP contribution in [0, 0.1) is 0 Å². The molecule has 0 fully saturated rings. The third-order valence-corrected chi connectivity index (χ3v) is 2.73. The molecule has 0 radical (unpaired) electrons. The highest BCUT2D eigenvalue weighted by molar-refractivity contribution is 5.95. The summed E-state index contributed by atoms with van der Waals surface area (Å²) >= 11 is 0. The van der Waals surface area contributed by atoms with Gasteiger partial charge in [-0.2, -0.15) is 0 Å². The van der Waals surface area contributed by atoms with Crippen molar-refractivity contribution in [2.75, 3.05) is 6.54 Å². The van der Waals surface area contributed by atoms with Gasteiger partial charge in [-0.15, -0.1) is 0 Å². The molecule has 0 spiro atoms. The van der Waals surface area contributed by atoms with Gasteiger partial charge in [0.05, 0.1) is 0 Å². The highest BCUT2D eigenvalue weighted by atomic mass is 16.4. The van der Waals surface area contributed by atoms with Crippen LogP contribution >= 0.6 is 0 Å². The molecule has 100 valence electrons. The molecule has 1 aromatic rings. The molecule has 0 aromatic carbocycles. The molecule has 0 saturated heterocycles. The summed E-state index contributed by atoms with van der Waals surface area (Å²) < 4.78 is 0. The van der Waals surface area contributed by atoms with Crippen LogP contribution < -0.4 is 11.1 Å². The molecule has 18 heavy (non-hydrogen) atoms. The van der Waals surface area contributed by atoms with E-state index in [1.165, 1.54) is 25.7 Å². The lowest BCUT2D eigenvalue weighted by atomic mass is 10.2. The maximum absolute atomic E-state index is 8.58. The van der Waals surface area contributed by atoms with Crippen molar-refractivity contribution in [2.24, 2.45) is 10.9 Å². The van der Waals surface area contributed by atoms with Crippen LogP contribution in [0.4, 0.5) is 0 Å². The summed E-state index contributed by atoms with van der Waals surface area (Å²) in [6.07, 6.45) is 6.70. The fourth-order valence-corrected chi connectivity index (χ4v) is 1.69. The Bertz CT molecular complexity index is 379. The van der Waals surface area contributed by atoms with Crippen LogP contribution in [0.5, 0.6) is 0 Å². The van der Waals surface area contributed by atoms with Crippen LogP contribution in [-0.2, 0) is 6.54 Å². The summed E-state index contributed by atoms with van der Waals surface area (Å²) in [6, 6.07) is 3.75. The second-order valence-corrected chi connectivity index (χ2v) is 4.27. The Morgan fingerprint density at radius 1 is 1.44 bits per heavy atom. The first-order valence-corrected chi connectivity index (χ1v) is 6.41. The first-order valence-electron chi connectivity index (χ1n) is 6.41. The highest BCUT2D eigenvalue weighted by Crippen LogP contribution is 2.02. The minimum atomic E-state index is 0.0415. The molecule has 0 aliphatic heterocycles. The smallest absolute Gasteiger partial charge is 0.188 e. The zero-order chi connectivity index (χ0) is 13.2. The van der Waals surface area contributed by atoms with Gasteiger partial charge in [-0.05, 0) is 30.7 Å². The Balaban J connectivity index is 2.34. The zero-order valence-electron chi connectivity index (χ0n) is 10.9. The predicted molar refractivity (Wildman–Crippen MR) is 72.6 cm³/mol. The number of pyridine rings is 1. The third kappa shape index (κ3) is 5.14. The van der Waals surface area contributed by atoms with Gasteiger partial charge in [-0.1, -0.05) is 31.3 Å². The molecule has 1 aromatic heterocycles. The van der Waals surface area contributed by atoms with Gasteiger partial charge >= 0.3 is 0 Å². The fraction of sp³-hybridized carbons (Fsp3) is 0.538. The summed E-state index contributed by atoms with van der Waals surface area (Å²) in [7, 11) is 0. The average Bonchev–Trinajstić information content (AvgIpc) is 2.42. The molecule has 0 saturated carbocycles. The zero-order valence-corrected chi connectivity index (χ0v) is 10.9. The SMILES string of the molecule is CCCCCCNCc1ccnc(C(N)=NO)c1. The Kier molecular flexibility index (Phi) is 6.79. The Morgan fingerprint density at radius 2 is 2.28 bits per heavy atom. The topological polar surface area (TPSA) is 83.5 Å². The number of rotatable bonds is 8. The minimum Gasteiger partial charge on any atom is -0.409 e. The normalized spacial score (nSPS) is 11.7. The van der Waals surface area contributed by atoms with Crippen LogP contribution in [0.2, 0.25) is 0 Å². The largest absolute Gasteiger partial charge is 0.409 e. The van der Waals surface area contributed by atoms with Gasteiger partial charge in [0.25, 0.3) is 0 Å². The first kappa shape index (κ1) is 14.4. The van der Waals surface area contributed by atoms with Crippen LogP contribution in [-0.4, -0.2) is 22.6 Å². The molecule has 0 aliphatic rings. The molecule has 4 N–H and O–H groups in total. The van der Waals surface area contributed by atoms with E-state index in [4.69, 9.17) is 10.9 Å². The summed E-state index contributed by atoms with van der Waals surface area (Å²) in [6.45, 7) is 4.00. The quantitative estimate of drug-likeness (QED) is 0.216. The Labute approximate surface area is 108 Å². The summed E-state index contributed by atoms with van der Waals surface area (Å²) in [5.41, 5.74) is 7.08. The third-order valence-electron chi connectivity index (χ3n) is 2.73.